The van der Waals surface area contributed by atoms with Gasteiger partial charge in [0, 0.05) is 0 Å². The first-order valence-electron chi connectivity index (χ1n) is 2.68. The van der Waals surface area contributed by atoms with Crippen molar-refractivity contribution in [3.63, 3.8) is 0 Å². The Labute approximate surface area is 54.7 Å². The number of rotatable bonds is 3. The summed E-state index contributed by atoms with van der Waals surface area (Å²) in [4.78, 5) is 10.4. The van der Waals surface area contributed by atoms with Crippen molar-refractivity contribution in [3.05, 3.63) is 19.2 Å². The molecule has 0 spiro atoms. The van der Waals surface area contributed by atoms with Crippen LogP contribution in [0.3, 0.4) is 0 Å². The molecular weight excluding hydrogens is 118 g/mol. The van der Waals surface area contributed by atoms with Crippen LogP contribution in [-0.2, 0) is 4.74 Å². The van der Waals surface area contributed by atoms with Gasteiger partial charge in [0.15, 0.2) is 0 Å². The van der Waals surface area contributed by atoms with Crippen molar-refractivity contribution in [3.8, 4) is 0 Å². The highest BCUT2D eigenvalue weighted by molar-refractivity contribution is 5.68. The molecule has 0 saturated carbocycles. The standard InChI is InChI=1S/C6H10NO2/c1-3-5-7-6(8)9-4-2/h3,5H,1,4H2,2H3,(H,7,8). The van der Waals surface area contributed by atoms with E-state index in [1.54, 1.807) is 6.92 Å². The van der Waals surface area contributed by atoms with Gasteiger partial charge in [-0.15, -0.1) is 6.58 Å². The maximum Gasteiger partial charge on any atom is 0.407 e. The van der Waals surface area contributed by atoms with E-state index in [1.807, 2.05) is 0 Å². The van der Waals surface area contributed by atoms with E-state index < -0.39 is 6.09 Å². The molecule has 0 saturated heterocycles. The summed E-state index contributed by atoms with van der Waals surface area (Å²) in [6.07, 6.45) is 1.02. The molecule has 0 bridgehead atoms. The number of alkyl carbamates (subject to hydrolysis) is 1. The number of hydrogen-bond acceptors (Lipinski definition) is 2. The Morgan fingerprint density at radius 3 is 3.00 bits per heavy atom. The zero-order valence-corrected chi connectivity index (χ0v) is 5.39. The summed E-state index contributed by atoms with van der Waals surface area (Å²) < 4.78 is 4.51. The van der Waals surface area contributed by atoms with E-state index in [4.69, 9.17) is 0 Å². The fraction of sp³-hybridized carbons (Fsp3) is 0.333. The van der Waals surface area contributed by atoms with E-state index >= 15 is 0 Å². The zero-order valence-electron chi connectivity index (χ0n) is 5.39. The molecule has 0 aliphatic carbocycles. The predicted molar refractivity (Wildman–Crippen MR) is 34.7 cm³/mol. The smallest absolute Gasteiger partial charge is 0.407 e. The van der Waals surface area contributed by atoms with Crippen LogP contribution in [-0.4, -0.2) is 12.7 Å². The van der Waals surface area contributed by atoms with Crippen molar-refractivity contribution < 1.29 is 9.53 Å². The summed E-state index contributed by atoms with van der Waals surface area (Å²) in [5.41, 5.74) is 0. The monoisotopic (exact) mass is 128 g/mol. The van der Waals surface area contributed by atoms with Gasteiger partial charge in [0.05, 0.1) is 13.2 Å². The van der Waals surface area contributed by atoms with Crippen LogP contribution in [0.2, 0.25) is 0 Å². The fourth-order valence-corrected chi connectivity index (χ4v) is 0.300. The maximum absolute atomic E-state index is 10.4. The third-order valence-electron chi connectivity index (χ3n) is 0.594. The molecule has 9 heavy (non-hydrogen) atoms. The van der Waals surface area contributed by atoms with Crippen molar-refractivity contribution in [2.75, 3.05) is 6.61 Å². The molecule has 51 valence electrons. The SMILES string of the molecule is C=C[CH]NC(=O)OCC. The fourth-order valence-electron chi connectivity index (χ4n) is 0.300. The number of carbonyl (C=O) groups excluding carboxylic acids is 1. The van der Waals surface area contributed by atoms with E-state index in [2.05, 4.69) is 16.6 Å². The molecule has 1 amide bonds. The maximum atomic E-state index is 10.4. The number of carbonyl (C=O) groups is 1. The average molecular weight is 128 g/mol. The third-order valence-corrected chi connectivity index (χ3v) is 0.594. The molecule has 0 aliphatic heterocycles. The van der Waals surface area contributed by atoms with Crippen LogP contribution in [0.5, 0.6) is 0 Å². The Morgan fingerprint density at radius 2 is 2.56 bits per heavy atom. The highest BCUT2D eigenvalue weighted by atomic mass is 16.5. The van der Waals surface area contributed by atoms with Gasteiger partial charge in [-0.25, -0.2) is 4.79 Å². The van der Waals surface area contributed by atoms with Crippen molar-refractivity contribution in [1.82, 2.24) is 5.32 Å². The van der Waals surface area contributed by atoms with Crippen LogP contribution < -0.4 is 5.32 Å². The molecule has 0 atom stereocenters. The Bertz CT molecular complexity index is 101. The van der Waals surface area contributed by atoms with Gasteiger partial charge in [-0.1, -0.05) is 6.08 Å². The summed E-state index contributed by atoms with van der Waals surface area (Å²) in [5, 5.41) is 2.33. The Morgan fingerprint density at radius 1 is 1.89 bits per heavy atom. The lowest BCUT2D eigenvalue weighted by molar-refractivity contribution is 0.155. The second-order valence-corrected chi connectivity index (χ2v) is 1.27. The average Bonchev–Trinajstić information content (AvgIpc) is 1.85. The highest BCUT2D eigenvalue weighted by Crippen LogP contribution is 1.77. The lowest BCUT2D eigenvalue weighted by atomic mass is 10.6. The Kier molecular flexibility index (Phi) is 4.59. The lowest BCUT2D eigenvalue weighted by Crippen LogP contribution is -2.20. The van der Waals surface area contributed by atoms with Crippen molar-refractivity contribution in [2.45, 2.75) is 6.92 Å². The van der Waals surface area contributed by atoms with Gasteiger partial charge in [-0.05, 0) is 6.92 Å². The molecule has 3 nitrogen and oxygen atoms in total. The van der Waals surface area contributed by atoms with E-state index in [-0.39, 0.29) is 0 Å². The number of ether oxygens (including phenoxy) is 1. The summed E-state index contributed by atoms with van der Waals surface area (Å²) in [6, 6.07) is 0. The van der Waals surface area contributed by atoms with Crippen LogP contribution in [0.1, 0.15) is 6.92 Å². The van der Waals surface area contributed by atoms with Gasteiger partial charge >= 0.3 is 6.09 Å². The number of amides is 1. The molecule has 0 rings (SSSR count). The van der Waals surface area contributed by atoms with Gasteiger partial charge in [-0.2, -0.15) is 0 Å². The highest BCUT2D eigenvalue weighted by Gasteiger charge is 1.94. The zero-order chi connectivity index (χ0) is 7.11. The van der Waals surface area contributed by atoms with Crippen LogP contribution in [0, 0.1) is 6.54 Å². The Balaban J connectivity index is 3.16. The molecule has 0 unspecified atom stereocenters. The first-order chi connectivity index (χ1) is 4.31. The third kappa shape index (κ3) is 4.87. The minimum Gasteiger partial charge on any atom is -0.450 e. The topological polar surface area (TPSA) is 38.3 Å². The second kappa shape index (κ2) is 5.15. The molecule has 3 heteroatoms. The van der Waals surface area contributed by atoms with Gasteiger partial charge in [-0.3, -0.25) is 0 Å². The molecule has 1 N–H and O–H groups in total. The predicted octanol–water partition coefficient (Wildman–Crippen LogP) is 1.08. The summed E-state index contributed by atoms with van der Waals surface area (Å²) in [6.45, 7) is 6.91. The van der Waals surface area contributed by atoms with Gasteiger partial charge in [0.1, 0.15) is 0 Å². The summed E-state index contributed by atoms with van der Waals surface area (Å²) >= 11 is 0. The van der Waals surface area contributed by atoms with E-state index in [0.717, 1.165) is 0 Å². The molecule has 0 aliphatic rings. The van der Waals surface area contributed by atoms with Crippen LogP contribution in [0.4, 0.5) is 4.79 Å². The number of nitrogens with one attached hydrogen (secondary N) is 1. The van der Waals surface area contributed by atoms with Crippen molar-refractivity contribution in [1.29, 1.82) is 0 Å². The van der Waals surface area contributed by atoms with E-state index in [1.165, 1.54) is 12.6 Å². The molecule has 0 aromatic rings. The molecule has 0 aromatic heterocycles. The first kappa shape index (κ1) is 8.01. The van der Waals surface area contributed by atoms with Gasteiger partial charge in [0.2, 0.25) is 0 Å². The van der Waals surface area contributed by atoms with Crippen LogP contribution >= 0.6 is 0 Å². The van der Waals surface area contributed by atoms with E-state index in [9.17, 15) is 4.79 Å². The van der Waals surface area contributed by atoms with Gasteiger partial charge < -0.3 is 10.1 Å². The lowest BCUT2D eigenvalue weighted by Gasteiger charge is -1.99. The molecule has 0 aromatic carbocycles. The quantitative estimate of drug-likeness (QED) is 0.617. The normalized spacial score (nSPS) is 8.11. The van der Waals surface area contributed by atoms with Crippen LogP contribution in [0.25, 0.3) is 0 Å². The molecular formula is C6H10NO2. The molecule has 0 heterocycles. The molecule has 1 radical (unpaired) electrons. The van der Waals surface area contributed by atoms with Crippen molar-refractivity contribution in [2.24, 2.45) is 0 Å². The number of hydrogen-bond donors (Lipinski definition) is 1. The van der Waals surface area contributed by atoms with Crippen LogP contribution in [0.15, 0.2) is 12.7 Å². The first-order valence-corrected chi connectivity index (χ1v) is 2.68. The minimum atomic E-state index is -0.447. The summed E-state index contributed by atoms with van der Waals surface area (Å²) in [7, 11) is 0. The minimum absolute atomic E-state index is 0.386. The summed E-state index contributed by atoms with van der Waals surface area (Å²) in [5.74, 6) is 0. The molecule has 0 fully saturated rings. The van der Waals surface area contributed by atoms with E-state index in [0.29, 0.717) is 6.61 Å². The Hall–Kier alpha value is -0.990. The largest absolute Gasteiger partial charge is 0.450 e. The van der Waals surface area contributed by atoms with Gasteiger partial charge in [0.25, 0.3) is 0 Å². The second-order valence-electron chi connectivity index (χ2n) is 1.27. The van der Waals surface area contributed by atoms with Crippen molar-refractivity contribution >= 4 is 6.09 Å².